The maximum Gasteiger partial charge on any atom is 0.331 e. The summed E-state index contributed by atoms with van der Waals surface area (Å²) in [4.78, 5) is 85.2. The number of hydrogen-bond acceptors (Lipinski definition) is 11. The predicted molar refractivity (Wildman–Crippen MR) is 122 cm³/mol. The number of nitro groups is 2. The number of aldehydes is 1. The Bertz CT molecular complexity index is 1390. The van der Waals surface area contributed by atoms with Gasteiger partial charge >= 0.3 is 5.97 Å². The van der Waals surface area contributed by atoms with Crippen LogP contribution < -0.4 is 0 Å². The maximum atomic E-state index is 13.1. The number of benzene rings is 2. The lowest BCUT2D eigenvalue weighted by Gasteiger charge is -2.50. The third kappa shape index (κ3) is 4.24. The van der Waals surface area contributed by atoms with E-state index in [0.717, 1.165) is 18.2 Å². The van der Waals surface area contributed by atoms with E-state index >= 15 is 0 Å². The molecular formula is C23H18N4O11. The molecule has 2 heterocycles. The number of nitro benzene ring substituents is 2. The van der Waals surface area contributed by atoms with Crippen LogP contribution in [0, 0.1) is 20.2 Å². The number of fused-ring (bicyclic) bond motifs is 1. The minimum absolute atomic E-state index is 0.185. The highest BCUT2D eigenvalue weighted by molar-refractivity contribution is 6.24. The van der Waals surface area contributed by atoms with Gasteiger partial charge in [0.05, 0.1) is 27.1 Å². The topological polar surface area (TPSA) is 208 Å². The van der Waals surface area contributed by atoms with Gasteiger partial charge in [0.1, 0.15) is 25.0 Å². The van der Waals surface area contributed by atoms with Gasteiger partial charge < -0.3 is 19.5 Å². The predicted octanol–water partition coefficient (Wildman–Crippen LogP) is 0.370. The molecule has 196 valence electrons. The van der Waals surface area contributed by atoms with Crippen molar-refractivity contribution in [1.29, 1.82) is 0 Å². The summed E-state index contributed by atoms with van der Waals surface area (Å²) in [5, 5.41) is 32.0. The van der Waals surface area contributed by atoms with Gasteiger partial charge in [0.2, 0.25) is 5.91 Å². The van der Waals surface area contributed by atoms with Crippen molar-refractivity contribution in [2.75, 3.05) is 0 Å². The number of esters is 1. The number of nitrogens with zero attached hydrogens (tertiary/aromatic N) is 4. The maximum absolute atomic E-state index is 13.1. The Balaban J connectivity index is 1.52. The van der Waals surface area contributed by atoms with Gasteiger partial charge in [0.25, 0.3) is 23.2 Å². The standard InChI is InChI=1S/C23H18N4O11/c1-11(29)18(23(33)38-10-12-2-4-13(5-3-12)26(34)35)24-17(9-28)19(22(24)32)25-20(30)15-7-6-14(27(36)37)8-16(15)21(25)31/h2-9,11,17-19,29H,10H2,1H3/t11-,17?,18?,19?/m1/s1. The molecule has 0 aliphatic carbocycles. The van der Waals surface area contributed by atoms with Crippen molar-refractivity contribution in [3.8, 4) is 0 Å². The third-order valence-electron chi connectivity index (χ3n) is 6.21. The molecule has 1 saturated heterocycles. The molecule has 15 nitrogen and oxygen atoms in total. The Hall–Kier alpha value is -5.05. The van der Waals surface area contributed by atoms with Crippen LogP contribution in [-0.2, 0) is 25.7 Å². The minimum atomic E-state index is -1.68. The van der Waals surface area contributed by atoms with Gasteiger partial charge in [0, 0.05) is 24.3 Å². The number of amides is 3. The summed E-state index contributed by atoms with van der Waals surface area (Å²) >= 11 is 0. The van der Waals surface area contributed by atoms with Crippen LogP contribution in [0.1, 0.15) is 33.2 Å². The van der Waals surface area contributed by atoms with E-state index in [1.165, 1.54) is 31.2 Å². The number of aliphatic hydroxyl groups excluding tert-OH is 1. The third-order valence-corrected chi connectivity index (χ3v) is 6.21. The van der Waals surface area contributed by atoms with Crippen LogP contribution >= 0.6 is 0 Å². The second-order valence-electron chi connectivity index (χ2n) is 8.50. The summed E-state index contributed by atoms with van der Waals surface area (Å²) in [6.45, 7) is 0.801. The molecule has 1 N–H and O–H groups in total. The Kier molecular flexibility index (Phi) is 6.70. The number of carbonyl (C=O) groups excluding carboxylic acids is 5. The van der Waals surface area contributed by atoms with Crippen LogP contribution in [0.25, 0.3) is 0 Å². The van der Waals surface area contributed by atoms with Crippen molar-refractivity contribution >= 4 is 41.4 Å². The molecule has 4 rings (SSSR count). The Labute approximate surface area is 212 Å². The van der Waals surface area contributed by atoms with E-state index in [2.05, 4.69) is 0 Å². The van der Waals surface area contributed by atoms with Gasteiger partial charge in [-0.15, -0.1) is 0 Å². The minimum Gasteiger partial charge on any atom is -0.459 e. The van der Waals surface area contributed by atoms with Gasteiger partial charge in [-0.05, 0) is 30.7 Å². The monoisotopic (exact) mass is 526 g/mol. The molecule has 3 unspecified atom stereocenters. The summed E-state index contributed by atoms with van der Waals surface area (Å²) in [6.07, 6.45) is -1.30. The first-order valence-electron chi connectivity index (χ1n) is 11.0. The molecule has 4 atom stereocenters. The highest BCUT2D eigenvalue weighted by Crippen LogP contribution is 2.35. The molecule has 38 heavy (non-hydrogen) atoms. The van der Waals surface area contributed by atoms with Gasteiger partial charge in [-0.25, -0.2) is 4.79 Å². The highest BCUT2D eigenvalue weighted by atomic mass is 16.6. The van der Waals surface area contributed by atoms with Crippen LogP contribution in [-0.4, -0.2) is 79.0 Å². The lowest BCUT2D eigenvalue weighted by atomic mass is 9.90. The van der Waals surface area contributed by atoms with Gasteiger partial charge in [-0.1, -0.05) is 0 Å². The highest BCUT2D eigenvalue weighted by Gasteiger charge is 2.60. The molecule has 0 saturated carbocycles. The van der Waals surface area contributed by atoms with E-state index in [4.69, 9.17) is 4.74 Å². The largest absolute Gasteiger partial charge is 0.459 e. The zero-order chi connectivity index (χ0) is 27.9. The molecular weight excluding hydrogens is 508 g/mol. The van der Waals surface area contributed by atoms with E-state index in [-0.39, 0.29) is 29.7 Å². The number of β-lactam (4-membered cyclic amide) rings is 1. The van der Waals surface area contributed by atoms with Crippen LogP contribution in [0.2, 0.25) is 0 Å². The number of imide groups is 1. The summed E-state index contributed by atoms with van der Waals surface area (Å²) in [5.41, 5.74) is -0.769. The van der Waals surface area contributed by atoms with Gasteiger partial charge in [0.15, 0.2) is 6.04 Å². The molecule has 2 aromatic carbocycles. The number of ether oxygens (including phenoxy) is 1. The molecule has 2 aliphatic heterocycles. The molecule has 2 aromatic rings. The van der Waals surface area contributed by atoms with Crippen molar-refractivity contribution in [1.82, 2.24) is 9.80 Å². The van der Waals surface area contributed by atoms with E-state index in [1.807, 2.05) is 0 Å². The average Bonchev–Trinajstić information content (AvgIpc) is 3.12. The molecule has 0 radical (unpaired) electrons. The Morgan fingerprint density at radius 3 is 2.16 bits per heavy atom. The van der Waals surface area contributed by atoms with Gasteiger partial charge in [-0.2, -0.15) is 0 Å². The van der Waals surface area contributed by atoms with E-state index < -0.39 is 63.5 Å². The lowest BCUT2D eigenvalue weighted by Crippen LogP contribution is -2.76. The first kappa shape index (κ1) is 26.0. The smallest absolute Gasteiger partial charge is 0.331 e. The van der Waals surface area contributed by atoms with Crippen LogP contribution in [0.4, 0.5) is 11.4 Å². The van der Waals surface area contributed by atoms with Crippen molar-refractivity contribution in [3.63, 3.8) is 0 Å². The first-order valence-corrected chi connectivity index (χ1v) is 11.0. The summed E-state index contributed by atoms with van der Waals surface area (Å²) in [7, 11) is 0. The van der Waals surface area contributed by atoms with Gasteiger partial charge in [-0.3, -0.25) is 39.5 Å². The number of rotatable bonds is 9. The summed E-state index contributed by atoms with van der Waals surface area (Å²) in [6, 6.07) is 3.22. The fourth-order valence-electron chi connectivity index (χ4n) is 4.35. The van der Waals surface area contributed by atoms with Crippen molar-refractivity contribution in [3.05, 3.63) is 79.4 Å². The second kappa shape index (κ2) is 9.78. The Morgan fingerprint density at radius 2 is 1.61 bits per heavy atom. The summed E-state index contributed by atoms with van der Waals surface area (Å²) in [5.74, 6) is -4.06. The molecule has 0 bridgehead atoms. The van der Waals surface area contributed by atoms with Crippen LogP contribution in [0.15, 0.2) is 42.5 Å². The first-order chi connectivity index (χ1) is 18.0. The number of hydrogen-bond donors (Lipinski definition) is 1. The van der Waals surface area contributed by atoms with Crippen molar-refractivity contribution < 1.29 is 43.7 Å². The normalized spacial score (nSPS) is 19.9. The molecule has 3 amide bonds. The fourth-order valence-corrected chi connectivity index (χ4v) is 4.35. The van der Waals surface area contributed by atoms with E-state index in [1.54, 1.807) is 0 Å². The molecule has 0 spiro atoms. The summed E-state index contributed by atoms with van der Waals surface area (Å²) < 4.78 is 5.15. The second-order valence-corrected chi connectivity index (χ2v) is 8.50. The van der Waals surface area contributed by atoms with E-state index in [9.17, 15) is 49.3 Å². The van der Waals surface area contributed by atoms with Crippen LogP contribution in [0.5, 0.6) is 0 Å². The SMILES string of the molecule is C[C@@H](O)C(C(=O)OCc1ccc([N+](=O)[O-])cc1)N1C(=O)C(N2C(=O)c3ccc([N+](=O)[O-])cc3C2=O)C1C=O. The van der Waals surface area contributed by atoms with Crippen molar-refractivity contribution in [2.24, 2.45) is 0 Å². The Morgan fingerprint density at radius 1 is 1.03 bits per heavy atom. The number of aliphatic hydroxyl groups is 1. The fraction of sp³-hybridized carbons (Fsp3) is 0.261. The average molecular weight is 526 g/mol. The molecule has 0 aromatic heterocycles. The van der Waals surface area contributed by atoms with E-state index in [0.29, 0.717) is 15.4 Å². The number of carbonyl (C=O) groups is 5. The zero-order valence-electron chi connectivity index (χ0n) is 19.5. The van der Waals surface area contributed by atoms with Crippen molar-refractivity contribution in [2.45, 2.75) is 37.8 Å². The lowest BCUT2D eigenvalue weighted by molar-refractivity contribution is -0.385. The zero-order valence-corrected chi connectivity index (χ0v) is 19.5. The molecule has 2 aliphatic rings. The molecule has 1 fully saturated rings. The molecule has 15 heteroatoms. The van der Waals surface area contributed by atoms with Crippen LogP contribution in [0.3, 0.4) is 0 Å². The number of likely N-dealkylation sites (tertiary alicyclic amines) is 1. The quantitative estimate of drug-likeness (QED) is 0.118. The number of non-ortho nitro benzene ring substituents is 2.